The number of ether oxygens (including phenoxy) is 1. The maximum atomic E-state index is 13.0. The molecule has 0 heterocycles. The van der Waals surface area contributed by atoms with Crippen LogP contribution in [0.4, 0.5) is 0 Å². The first-order valence-electron chi connectivity index (χ1n) is 9.34. The number of likely N-dealkylation sites (N-methyl/N-ethyl adjacent to an activating group) is 1. The fourth-order valence-corrected chi connectivity index (χ4v) is 3.80. The Balaban J connectivity index is 2.03. The molecule has 1 N–H and O–H groups in total. The zero-order valence-electron chi connectivity index (χ0n) is 16.7. The highest BCUT2D eigenvalue weighted by Gasteiger charge is 2.27. The summed E-state index contributed by atoms with van der Waals surface area (Å²) in [5.41, 5.74) is 2.14. The van der Waals surface area contributed by atoms with Crippen molar-refractivity contribution in [1.82, 2.24) is 10.2 Å². The van der Waals surface area contributed by atoms with Gasteiger partial charge in [0.2, 0.25) is 11.8 Å². The molecule has 0 spiro atoms. The van der Waals surface area contributed by atoms with E-state index >= 15 is 0 Å². The Morgan fingerprint density at radius 1 is 1.07 bits per heavy atom. The van der Waals surface area contributed by atoms with Crippen LogP contribution in [0, 0.1) is 0 Å². The largest absolute Gasteiger partial charge is 0.497 e. The number of hydrogen-bond donors (Lipinski definition) is 1. The molecule has 0 aliphatic rings. The Kier molecular flexibility index (Phi) is 8.88. The summed E-state index contributed by atoms with van der Waals surface area (Å²) in [6.45, 7) is 2.35. The predicted octanol–water partition coefficient (Wildman–Crippen LogP) is 3.48. The highest BCUT2D eigenvalue weighted by Crippen LogP contribution is 2.19. The van der Waals surface area contributed by atoms with Gasteiger partial charge in [-0.15, -0.1) is 11.8 Å². The molecule has 0 saturated carbocycles. The van der Waals surface area contributed by atoms with Gasteiger partial charge in [0.1, 0.15) is 11.8 Å². The van der Waals surface area contributed by atoms with Gasteiger partial charge in [-0.2, -0.15) is 0 Å². The molecule has 0 saturated heterocycles. The second-order valence-electron chi connectivity index (χ2n) is 6.39. The molecule has 0 fully saturated rings. The van der Waals surface area contributed by atoms with Crippen molar-refractivity contribution in [1.29, 1.82) is 0 Å². The number of carbonyl (C=O) groups is 2. The lowest BCUT2D eigenvalue weighted by Crippen LogP contribution is -2.48. The van der Waals surface area contributed by atoms with Crippen molar-refractivity contribution >= 4 is 23.6 Å². The van der Waals surface area contributed by atoms with Gasteiger partial charge in [-0.1, -0.05) is 49.4 Å². The first-order valence-corrected chi connectivity index (χ1v) is 10.5. The summed E-state index contributed by atoms with van der Waals surface area (Å²) in [7, 11) is 3.24. The molecular formula is C22H28N2O3S. The van der Waals surface area contributed by atoms with Gasteiger partial charge in [-0.25, -0.2) is 0 Å². The van der Waals surface area contributed by atoms with Gasteiger partial charge in [-0.3, -0.25) is 9.59 Å². The minimum atomic E-state index is -0.473. The third-order valence-corrected chi connectivity index (χ3v) is 5.47. The molecule has 2 amide bonds. The molecule has 0 aromatic heterocycles. The Labute approximate surface area is 171 Å². The summed E-state index contributed by atoms with van der Waals surface area (Å²) >= 11 is 1.55. The highest BCUT2D eigenvalue weighted by molar-refractivity contribution is 7.99. The number of methoxy groups -OCH3 is 1. The van der Waals surface area contributed by atoms with Crippen LogP contribution in [-0.2, 0) is 21.9 Å². The molecule has 0 aliphatic carbocycles. The number of benzene rings is 2. The van der Waals surface area contributed by atoms with Crippen molar-refractivity contribution in [2.24, 2.45) is 0 Å². The van der Waals surface area contributed by atoms with E-state index in [9.17, 15) is 9.59 Å². The van der Waals surface area contributed by atoms with Gasteiger partial charge in [-0.05, 0) is 29.7 Å². The Morgan fingerprint density at radius 2 is 1.75 bits per heavy atom. The number of amides is 2. The lowest BCUT2D eigenvalue weighted by atomic mass is 10.1. The molecule has 0 bridgehead atoms. The molecule has 2 aromatic carbocycles. The minimum Gasteiger partial charge on any atom is -0.497 e. The minimum absolute atomic E-state index is 0.0298. The molecule has 0 radical (unpaired) electrons. The van der Waals surface area contributed by atoms with Crippen molar-refractivity contribution in [3.8, 4) is 5.75 Å². The molecule has 5 nitrogen and oxygen atoms in total. The normalized spacial score (nSPS) is 11.5. The first-order chi connectivity index (χ1) is 13.6. The van der Waals surface area contributed by atoms with E-state index in [1.165, 1.54) is 0 Å². The Bertz CT molecular complexity index is 750. The second kappa shape index (κ2) is 11.4. The summed E-state index contributed by atoms with van der Waals surface area (Å²) < 4.78 is 5.17. The van der Waals surface area contributed by atoms with Crippen molar-refractivity contribution < 1.29 is 14.3 Å². The van der Waals surface area contributed by atoms with Gasteiger partial charge in [0.25, 0.3) is 0 Å². The molecule has 28 heavy (non-hydrogen) atoms. The summed E-state index contributed by atoms with van der Waals surface area (Å²) in [6, 6.07) is 17.1. The van der Waals surface area contributed by atoms with Crippen LogP contribution >= 0.6 is 11.8 Å². The first kappa shape index (κ1) is 21.8. The number of rotatable bonds is 10. The number of nitrogens with zero attached hydrogens (tertiary/aromatic N) is 1. The van der Waals surface area contributed by atoms with E-state index in [-0.39, 0.29) is 11.8 Å². The highest BCUT2D eigenvalue weighted by atomic mass is 32.2. The van der Waals surface area contributed by atoms with Crippen LogP contribution in [0.1, 0.15) is 24.5 Å². The number of thioether (sulfide) groups is 1. The van der Waals surface area contributed by atoms with E-state index in [2.05, 4.69) is 5.32 Å². The van der Waals surface area contributed by atoms with E-state index in [0.29, 0.717) is 18.7 Å². The zero-order chi connectivity index (χ0) is 20.4. The molecule has 1 atom stereocenters. The predicted molar refractivity (Wildman–Crippen MR) is 114 cm³/mol. The number of nitrogens with one attached hydrogen (secondary N) is 1. The Morgan fingerprint density at radius 3 is 2.32 bits per heavy atom. The SMILES string of the molecule is CC[C@@H](C(=O)NC)N(Cc1ccccc1)C(=O)CSCc1ccc(OC)cc1. The topological polar surface area (TPSA) is 58.6 Å². The fourth-order valence-electron chi connectivity index (χ4n) is 2.93. The van der Waals surface area contributed by atoms with E-state index in [0.717, 1.165) is 22.6 Å². The molecule has 150 valence electrons. The van der Waals surface area contributed by atoms with E-state index in [1.54, 1.807) is 30.8 Å². The van der Waals surface area contributed by atoms with Crippen molar-refractivity contribution in [3.63, 3.8) is 0 Å². The third-order valence-electron chi connectivity index (χ3n) is 4.48. The van der Waals surface area contributed by atoms with Crippen molar-refractivity contribution in [2.45, 2.75) is 31.7 Å². The lowest BCUT2D eigenvalue weighted by molar-refractivity contribution is -0.139. The smallest absolute Gasteiger partial charge is 0.242 e. The maximum absolute atomic E-state index is 13.0. The van der Waals surface area contributed by atoms with E-state index in [4.69, 9.17) is 4.74 Å². The molecule has 0 aliphatic heterocycles. The summed E-state index contributed by atoms with van der Waals surface area (Å²) in [5, 5.41) is 2.68. The average molecular weight is 401 g/mol. The van der Waals surface area contributed by atoms with Crippen molar-refractivity contribution in [3.05, 3.63) is 65.7 Å². The van der Waals surface area contributed by atoms with Crippen LogP contribution in [0.5, 0.6) is 5.75 Å². The van der Waals surface area contributed by atoms with E-state index < -0.39 is 6.04 Å². The van der Waals surface area contributed by atoms with Crippen LogP contribution in [0.2, 0.25) is 0 Å². The summed E-state index contributed by atoms with van der Waals surface area (Å²) in [5.74, 6) is 1.71. The standard InChI is InChI=1S/C22H28N2O3S/c1-4-20(22(26)23-2)24(14-17-8-6-5-7-9-17)21(25)16-28-15-18-10-12-19(27-3)13-11-18/h5-13,20H,4,14-16H2,1-3H3,(H,23,26)/t20-/m0/s1. The molecule has 0 unspecified atom stereocenters. The Hall–Kier alpha value is -2.47. The number of hydrogen-bond acceptors (Lipinski definition) is 4. The average Bonchev–Trinajstić information content (AvgIpc) is 2.74. The van der Waals surface area contributed by atoms with Gasteiger partial charge >= 0.3 is 0 Å². The molecular weight excluding hydrogens is 372 g/mol. The monoisotopic (exact) mass is 400 g/mol. The van der Waals surface area contributed by atoms with Gasteiger partial charge in [0, 0.05) is 19.3 Å². The van der Waals surface area contributed by atoms with Crippen LogP contribution in [0.15, 0.2) is 54.6 Å². The van der Waals surface area contributed by atoms with Crippen molar-refractivity contribution in [2.75, 3.05) is 19.9 Å². The van der Waals surface area contributed by atoms with Gasteiger partial charge in [0.15, 0.2) is 0 Å². The summed E-state index contributed by atoms with van der Waals surface area (Å²) in [4.78, 5) is 27.0. The quantitative estimate of drug-likeness (QED) is 0.663. The van der Waals surface area contributed by atoms with Crippen LogP contribution < -0.4 is 10.1 Å². The van der Waals surface area contributed by atoms with Crippen LogP contribution in [0.3, 0.4) is 0 Å². The zero-order valence-corrected chi connectivity index (χ0v) is 17.5. The number of carbonyl (C=O) groups excluding carboxylic acids is 2. The molecule has 2 rings (SSSR count). The van der Waals surface area contributed by atoms with E-state index in [1.807, 2.05) is 61.5 Å². The second-order valence-corrected chi connectivity index (χ2v) is 7.37. The molecule has 6 heteroatoms. The maximum Gasteiger partial charge on any atom is 0.242 e. The molecule has 2 aromatic rings. The third kappa shape index (κ3) is 6.30. The van der Waals surface area contributed by atoms with Gasteiger partial charge < -0.3 is 15.0 Å². The lowest BCUT2D eigenvalue weighted by Gasteiger charge is -2.30. The van der Waals surface area contributed by atoms with Crippen LogP contribution in [0.25, 0.3) is 0 Å². The van der Waals surface area contributed by atoms with Gasteiger partial charge in [0.05, 0.1) is 12.9 Å². The fraction of sp³-hybridized carbons (Fsp3) is 0.364. The summed E-state index contributed by atoms with van der Waals surface area (Å²) in [6.07, 6.45) is 0.571. The van der Waals surface area contributed by atoms with Crippen LogP contribution in [-0.4, -0.2) is 42.7 Å².